The minimum absolute atomic E-state index is 0.107. The number of nitro groups is 1. The quantitative estimate of drug-likeness (QED) is 0.208. The Kier molecular flexibility index (Phi) is 7.28. The standard InChI is InChI=1S/C25H22ClN3O5S/c1-4-33-24(30)22-15(2)28(16-8-6-5-7-9-16)25(35-3)27-23(22)21-13-12-20(34-21)18-14-17(29(31)32)10-11-19(18)26/h5-14,23H,4H2,1-3H3/t23-/m1/s1. The summed E-state index contributed by atoms with van der Waals surface area (Å²) in [5.41, 5.74) is 2.15. The molecule has 0 N–H and O–H groups in total. The number of amidine groups is 1. The van der Waals surface area contributed by atoms with Crippen LogP contribution >= 0.6 is 23.4 Å². The van der Waals surface area contributed by atoms with Crippen LogP contribution in [-0.2, 0) is 9.53 Å². The maximum atomic E-state index is 13.1. The van der Waals surface area contributed by atoms with E-state index in [4.69, 9.17) is 25.7 Å². The minimum atomic E-state index is -0.761. The van der Waals surface area contributed by atoms with Crippen LogP contribution in [0.3, 0.4) is 0 Å². The molecule has 2 heterocycles. The van der Waals surface area contributed by atoms with Crippen molar-refractivity contribution in [2.75, 3.05) is 17.8 Å². The van der Waals surface area contributed by atoms with Crippen molar-refractivity contribution in [3.63, 3.8) is 0 Å². The van der Waals surface area contributed by atoms with E-state index in [-0.39, 0.29) is 12.3 Å². The first kappa shape index (κ1) is 24.6. The zero-order chi connectivity index (χ0) is 25.1. The molecule has 3 aromatic rings. The largest absolute Gasteiger partial charge is 0.463 e. The number of esters is 1. The smallest absolute Gasteiger partial charge is 0.338 e. The third-order valence-corrected chi connectivity index (χ3v) is 6.43. The Morgan fingerprint density at radius 3 is 2.63 bits per heavy atom. The van der Waals surface area contributed by atoms with E-state index in [1.165, 1.54) is 30.0 Å². The van der Waals surface area contributed by atoms with Crippen LogP contribution in [0, 0.1) is 10.1 Å². The molecule has 0 radical (unpaired) electrons. The second kappa shape index (κ2) is 10.4. The van der Waals surface area contributed by atoms with Crippen LogP contribution in [0.25, 0.3) is 11.3 Å². The van der Waals surface area contributed by atoms with Crippen molar-refractivity contribution < 1.29 is 18.9 Å². The molecule has 0 fully saturated rings. The Morgan fingerprint density at radius 2 is 1.97 bits per heavy atom. The van der Waals surface area contributed by atoms with E-state index in [0.29, 0.717) is 38.5 Å². The molecule has 2 aromatic carbocycles. The fourth-order valence-electron chi connectivity index (χ4n) is 3.85. The van der Waals surface area contributed by atoms with Crippen molar-refractivity contribution in [3.05, 3.63) is 92.8 Å². The van der Waals surface area contributed by atoms with Gasteiger partial charge in [-0.3, -0.25) is 15.0 Å². The highest BCUT2D eigenvalue weighted by Crippen LogP contribution is 2.41. The topological polar surface area (TPSA) is 98.2 Å². The number of nitro benzene ring substituents is 1. The van der Waals surface area contributed by atoms with Crippen LogP contribution < -0.4 is 4.90 Å². The Labute approximate surface area is 211 Å². The molecule has 35 heavy (non-hydrogen) atoms. The van der Waals surface area contributed by atoms with Crippen LogP contribution in [0.5, 0.6) is 0 Å². The molecular formula is C25H22ClN3O5S. The van der Waals surface area contributed by atoms with E-state index < -0.39 is 16.9 Å². The normalized spacial score (nSPS) is 15.7. The van der Waals surface area contributed by atoms with Crippen molar-refractivity contribution >= 4 is 45.9 Å². The first-order valence-corrected chi connectivity index (χ1v) is 12.3. The highest BCUT2D eigenvalue weighted by atomic mass is 35.5. The van der Waals surface area contributed by atoms with Crippen molar-refractivity contribution in [1.82, 2.24) is 0 Å². The van der Waals surface area contributed by atoms with Gasteiger partial charge in [0.1, 0.15) is 17.6 Å². The molecule has 1 aliphatic heterocycles. The minimum Gasteiger partial charge on any atom is -0.463 e. The molecule has 0 aliphatic carbocycles. The number of hydrogen-bond donors (Lipinski definition) is 0. The maximum Gasteiger partial charge on any atom is 0.338 e. The Morgan fingerprint density at radius 1 is 1.23 bits per heavy atom. The van der Waals surface area contributed by atoms with Gasteiger partial charge in [0.25, 0.3) is 5.69 Å². The number of furan rings is 1. The number of hydrogen-bond acceptors (Lipinski definition) is 8. The molecule has 0 unspecified atom stereocenters. The number of nitrogens with zero attached hydrogens (tertiary/aromatic N) is 3. The van der Waals surface area contributed by atoms with Gasteiger partial charge in [0.05, 0.1) is 22.1 Å². The van der Waals surface area contributed by atoms with E-state index >= 15 is 0 Å². The molecule has 0 bridgehead atoms. The lowest BCUT2D eigenvalue weighted by Crippen LogP contribution is -2.35. The number of para-hydroxylation sites is 1. The summed E-state index contributed by atoms with van der Waals surface area (Å²) in [6.07, 6.45) is 1.91. The fraction of sp³-hybridized carbons (Fsp3) is 0.200. The van der Waals surface area contributed by atoms with Gasteiger partial charge >= 0.3 is 5.97 Å². The number of benzene rings is 2. The molecule has 0 saturated carbocycles. The first-order chi connectivity index (χ1) is 16.8. The second-order valence-electron chi connectivity index (χ2n) is 7.53. The molecule has 180 valence electrons. The SMILES string of the molecule is CCOC(=O)C1=C(C)N(c2ccccc2)C(SC)=N[C@@H]1c1ccc(-c2cc([N+](=O)[O-])ccc2Cl)o1. The van der Waals surface area contributed by atoms with Gasteiger partial charge in [0.15, 0.2) is 5.17 Å². The van der Waals surface area contributed by atoms with E-state index in [2.05, 4.69) is 0 Å². The Bertz CT molecular complexity index is 1340. The monoisotopic (exact) mass is 511 g/mol. The van der Waals surface area contributed by atoms with Crippen molar-refractivity contribution in [1.29, 1.82) is 0 Å². The van der Waals surface area contributed by atoms with E-state index in [1.807, 2.05) is 48.4 Å². The molecule has 1 aliphatic rings. The molecule has 1 aromatic heterocycles. The molecule has 0 amide bonds. The van der Waals surface area contributed by atoms with Gasteiger partial charge in [-0.1, -0.05) is 41.6 Å². The van der Waals surface area contributed by atoms with Crippen molar-refractivity contribution in [3.8, 4) is 11.3 Å². The van der Waals surface area contributed by atoms with Crippen LogP contribution in [0.2, 0.25) is 5.02 Å². The number of allylic oxidation sites excluding steroid dienone is 1. The number of carbonyl (C=O) groups excluding carboxylic acids is 1. The van der Waals surface area contributed by atoms with Gasteiger partial charge in [0.2, 0.25) is 0 Å². The van der Waals surface area contributed by atoms with Gasteiger partial charge in [-0.05, 0) is 50.4 Å². The molecule has 1 atom stereocenters. The molecule has 4 rings (SSSR count). The average Bonchev–Trinajstić information content (AvgIpc) is 3.34. The van der Waals surface area contributed by atoms with E-state index in [0.717, 1.165) is 5.69 Å². The summed E-state index contributed by atoms with van der Waals surface area (Å²) in [7, 11) is 0. The third-order valence-electron chi connectivity index (χ3n) is 5.44. The highest BCUT2D eigenvalue weighted by molar-refractivity contribution is 8.13. The van der Waals surface area contributed by atoms with Gasteiger partial charge < -0.3 is 9.15 Å². The first-order valence-electron chi connectivity index (χ1n) is 10.7. The summed E-state index contributed by atoms with van der Waals surface area (Å²) in [6, 6.07) is 16.4. The summed E-state index contributed by atoms with van der Waals surface area (Å²) < 4.78 is 11.5. The van der Waals surface area contributed by atoms with Gasteiger partial charge in [-0.2, -0.15) is 0 Å². The second-order valence-corrected chi connectivity index (χ2v) is 8.71. The lowest BCUT2D eigenvalue weighted by Gasteiger charge is -2.33. The average molecular weight is 512 g/mol. The van der Waals surface area contributed by atoms with E-state index in [9.17, 15) is 14.9 Å². The summed E-state index contributed by atoms with van der Waals surface area (Å²) in [5.74, 6) is 0.233. The van der Waals surface area contributed by atoms with Gasteiger partial charge in [-0.25, -0.2) is 9.79 Å². The number of carbonyl (C=O) groups is 1. The zero-order valence-electron chi connectivity index (χ0n) is 19.2. The molecular weight excluding hydrogens is 490 g/mol. The number of ether oxygens (including phenoxy) is 1. The summed E-state index contributed by atoms with van der Waals surface area (Å²) >= 11 is 7.74. The summed E-state index contributed by atoms with van der Waals surface area (Å²) in [6.45, 7) is 3.80. The van der Waals surface area contributed by atoms with Gasteiger partial charge in [0, 0.05) is 29.1 Å². The predicted molar refractivity (Wildman–Crippen MR) is 138 cm³/mol. The number of halogens is 1. The number of non-ortho nitro benzene ring substituents is 1. The summed E-state index contributed by atoms with van der Waals surface area (Å²) in [4.78, 5) is 30.6. The number of rotatable bonds is 6. The van der Waals surface area contributed by atoms with Crippen LogP contribution in [-0.4, -0.2) is 28.9 Å². The lowest BCUT2D eigenvalue weighted by atomic mass is 10.0. The fourth-order valence-corrected chi connectivity index (χ4v) is 4.70. The lowest BCUT2D eigenvalue weighted by molar-refractivity contribution is -0.384. The van der Waals surface area contributed by atoms with Crippen molar-refractivity contribution in [2.45, 2.75) is 19.9 Å². The number of anilines is 1. The molecule has 8 nitrogen and oxygen atoms in total. The molecule has 0 saturated heterocycles. The zero-order valence-corrected chi connectivity index (χ0v) is 20.8. The van der Waals surface area contributed by atoms with Crippen molar-refractivity contribution in [2.24, 2.45) is 4.99 Å². The Balaban J connectivity index is 1.82. The van der Waals surface area contributed by atoms with Crippen LogP contribution in [0.15, 0.2) is 81.3 Å². The van der Waals surface area contributed by atoms with E-state index in [1.54, 1.807) is 19.1 Å². The predicted octanol–water partition coefficient (Wildman–Crippen LogP) is 6.63. The number of thioether (sulfide) groups is 1. The van der Waals surface area contributed by atoms with Gasteiger partial charge in [-0.15, -0.1) is 0 Å². The number of aliphatic imine (C=N–C) groups is 1. The summed E-state index contributed by atoms with van der Waals surface area (Å²) in [5, 5.41) is 12.2. The molecule has 0 spiro atoms. The third kappa shape index (κ3) is 4.82. The highest BCUT2D eigenvalue weighted by Gasteiger charge is 2.36. The Hall–Kier alpha value is -3.56. The van der Waals surface area contributed by atoms with Crippen LogP contribution in [0.1, 0.15) is 25.6 Å². The maximum absolute atomic E-state index is 13.1. The van der Waals surface area contributed by atoms with Crippen LogP contribution in [0.4, 0.5) is 11.4 Å². The molecule has 10 heteroatoms.